The van der Waals surface area contributed by atoms with Crippen LogP contribution in [0.15, 0.2) is 0 Å². The van der Waals surface area contributed by atoms with Crippen LogP contribution in [0.1, 0.15) is 13.3 Å². The summed E-state index contributed by atoms with van der Waals surface area (Å²) in [6, 6.07) is 0. The third-order valence-corrected chi connectivity index (χ3v) is 3.31. The molecule has 84 valence electrons. The van der Waals surface area contributed by atoms with Gasteiger partial charge in [0.1, 0.15) is 0 Å². The average Bonchev–Trinajstić information content (AvgIpc) is 2.19. The molecule has 2 N–H and O–H groups in total. The molecule has 1 saturated heterocycles. The molecule has 0 saturated carbocycles. The lowest BCUT2D eigenvalue weighted by Gasteiger charge is -2.16. The first-order valence-electron chi connectivity index (χ1n) is 4.22. The maximum atomic E-state index is 8.63. The van der Waals surface area contributed by atoms with Gasteiger partial charge in [0.2, 0.25) is 0 Å². The van der Waals surface area contributed by atoms with Gasteiger partial charge in [-0.15, -0.1) is 0 Å². The van der Waals surface area contributed by atoms with Gasteiger partial charge in [-0.2, -0.15) is 0 Å². The molecule has 1 aliphatic rings. The maximum Gasteiger partial charge on any atom is 0.339 e. The van der Waals surface area contributed by atoms with E-state index in [0.29, 0.717) is 19.8 Å². The van der Waals surface area contributed by atoms with Crippen LogP contribution in [0.25, 0.3) is 0 Å². The van der Waals surface area contributed by atoms with Crippen LogP contribution in [-0.2, 0) is 18.1 Å². The standard InChI is InChI=1S/C6H14O6P2/c1-6-5-11-14(12-13(7)8)10-4-2-3-9-6/h6-8H,2-5H2,1H3. The highest BCUT2D eigenvalue weighted by molar-refractivity contribution is 7.54. The second-order valence-electron chi connectivity index (χ2n) is 2.72. The van der Waals surface area contributed by atoms with Crippen molar-refractivity contribution in [2.24, 2.45) is 0 Å². The normalized spacial score (nSPS) is 30.9. The molecule has 1 aliphatic heterocycles. The van der Waals surface area contributed by atoms with Gasteiger partial charge >= 0.3 is 17.2 Å². The van der Waals surface area contributed by atoms with Crippen molar-refractivity contribution in [3.63, 3.8) is 0 Å². The van der Waals surface area contributed by atoms with E-state index in [1.165, 1.54) is 0 Å². The Labute approximate surface area is 85.1 Å². The molecule has 0 aromatic rings. The molecular weight excluding hydrogens is 230 g/mol. The predicted octanol–water partition coefficient (Wildman–Crippen LogP) is 1.28. The Bertz CT molecular complexity index is 157. The van der Waals surface area contributed by atoms with E-state index in [2.05, 4.69) is 4.31 Å². The van der Waals surface area contributed by atoms with Crippen LogP contribution in [0.5, 0.6) is 0 Å². The molecule has 1 fully saturated rings. The predicted molar refractivity (Wildman–Crippen MR) is 51.3 cm³/mol. The highest BCUT2D eigenvalue weighted by Gasteiger charge is 2.20. The van der Waals surface area contributed by atoms with E-state index in [1.54, 1.807) is 0 Å². The summed E-state index contributed by atoms with van der Waals surface area (Å²) in [4.78, 5) is 17.3. The zero-order valence-corrected chi connectivity index (χ0v) is 9.62. The van der Waals surface area contributed by atoms with Crippen LogP contribution in [0.3, 0.4) is 0 Å². The van der Waals surface area contributed by atoms with E-state index in [-0.39, 0.29) is 6.10 Å². The monoisotopic (exact) mass is 244 g/mol. The molecule has 8 heteroatoms. The van der Waals surface area contributed by atoms with Crippen molar-refractivity contribution in [2.75, 3.05) is 19.8 Å². The van der Waals surface area contributed by atoms with Crippen LogP contribution in [0.4, 0.5) is 0 Å². The third-order valence-electron chi connectivity index (χ3n) is 1.44. The molecule has 2 unspecified atom stereocenters. The van der Waals surface area contributed by atoms with Gasteiger partial charge in [0, 0.05) is 6.61 Å². The molecule has 1 heterocycles. The van der Waals surface area contributed by atoms with Gasteiger partial charge in [0.05, 0.1) is 19.3 Å². The summed E-state index contributed by atoms with van der Waals surface area (Å²) in [5, 5.41) is 0. The van der Waals surface area contributed by atoms with E-state index in [4.69, 9.17) is 23.6 Å². The lowest BCUT2D eigenvalue weighted by molar-refractivity contribution is 0.0356. The van der Waals surface area contributed by atoms with Gasteiger partial charge in [0.25, 0.3) is 0 Å². The Kier molecular flexibility index (Phi) is 6.33. The van der Waals surface area contributed by atoms with Crippen LogP contribution < -0.4 is 0 Å². The lowest BCUT2D eigenvalue weighted by atomic mass is 10.4. The fourth-order valence-electron chi connectivity index (χ4n) is 0.841. The van der Waals surface area contributed by atoms with Gasteiger partial charge in [-0.1, -0.05) is 0 Å². The summed E-state index contributed by atoms with van der Waals surface area (Å²) in [7, 11) is -4.08. The fourth-order valence-corrected chi connectivity index (χ4v) is 2.38. The molecule has 0 aliphatic carbocycles. The maximum absolute atomic E-state index is 8.63. The summed E-state index contributed by atoms with van der Waals surface area (Å²) >= 11 is 0. The van der Waals surface area contributed by atoms with Crippen LogP contribution >= 0.6 is 17.2 Å². The zero-order valence-electron chi connectivity index (χ0n) is 7.83. The second-order valence-corrected chi connectivity index (χ2v) is 4.84. The molecule has 0 radical (unpaired) electrons. The zero-order chi connectivity index (χ0) is 10.4. The lowest BCUT2D eigenvalue weighted by Crippen LogP contribution is -2.14. The smallest absolute Gasteiger partial charge is 0.339 e. The van der Waals surface area contributed by atoms with Crippen molar-refractivity contribution in [1.82, 2.24) is 0 Å². The molecule has 0 aromatic carbocycles. The first-order valence-corrected chi connectivity index (χ1v) is 6.48. The minimum atomic E-state index is -2.43. The van der Waals surface area contributed by atoms with Crippen LogP contribution in [-0.4, -0.2) is 35.7 Å². The topological polar surface area (TPSA) is 77.4 Å². The summed E-state index contributed by atoms with van der Waals surface area (Å²) < 4.78 is 20.4. The van der Waals surface area contributed by atoms with E-state index in [1.807, 2.05) is 6.92 Å². The van der Waals surface area contributed by atoms with Crippen LogP contribution in [0, 0.1) is 0 Å². The largest absolute Gasteiger partial charge is 0.376 e. The molecule has 0 bridgehead atoms. The van der Waals surface area contributed by atoms with Crippen LogP contribution in [0.2, 0.25) is 0 Å². The van der Waals surface area contributed by atoms with E-state index < -0.39 is 17.2 Å². The first-order chi connectivity index (χ1) is 6.68. The van der Waals surface area contributed by atoms with E-state index in [0.717, 1.165) is 6.42 Å². The van der Waals surface area contributed by atoms with Gasteiger partial charge in [-0.05, 0) is 13.3 Å². The average molecular weight is 244 g/mol. The SMILES string of the molecule is CC1COP(OP(O)O)OCCCO1. The molecule has 1 rings (SSSR count). The highest BCUT2D eigenvalue weighted by Crippen LogP contribution is 2.50. The number of hydrogen-bond donors (Lipinski definition) is 2. The van der Waals surface area contributed by atoms with Crippen molar-refractivity contribution in [1.29, 1.82) is 0 Å². The Morgan fingerprint density at radius 3 is 2.86 bits per heavy atom. The molecule has 6 nitrogen and oxygen atoms in total. The number of ether oxygens (including phenoxy) is 1. The van der Waals surface area contributed by atoms with Gasteiger partial charge < -0.3 is 23.6 Å². The minimum Gasteiger partial charge on any atom is -0.376 e. The fraction of sp³-hybridized carbons (Fsp3) is 1.00. The van der Waals surface area contributed by atoms with Gasteiger partial charge in [0.15, 0.2) is 0 Å². The first kappa shape index (κ1) is 12.7. The second kappa shape index (κ2) is 6.99. The summed E-state index contributed by atoms with van der Waals surface area (Å²) in [5.41, 5.74) is 0. The Morgan fingerprint density at radius 1 is 1.36 bits per heavy atom. The highest BCUT2D eigenvalue weighted by atomic mass is 31.2. The van der Waals surface area contributed by atoms with E-state index in [9.17, 15) is 0 Å². The molecule has 0 aromatic heterocycles. The van der Waals surface area contributed by atoms with Crippen molar-refractivity contribution < 1.29 is 27.9 Å². The van der Waals surface area contributed by atoms with Gasteiger partial charge in [-0.25, -0.2) is 4.31 Å². The van der Waals surface area contributed by atoms with Crippen molar-refractivity contribution in [3.05, 3.63) is 0 Å². The number of hydrogen-bond acceptors (Lipinski definition) is 6. The molecule has 14 heavy (non-hydrogen) atoms. The summed E-state index contributed by atoms with van der Waals surface area (Å²) in [6.45, 7) is 3.25. The molecule has 2 atom stereocenters. The Balaban J connectivity index is 2.32. The van der Waals surface area contributed by atoms with Crippen molar-refractivity contribution in [2.45, 2.75) is 19.4 Å². The Hall–Kier alpha value is 0.620. The summed E-state index contributed by atoms with van der Waals surface area (Å²) in [5.74, 6) is 0. The Morgan fingerprint density at radius 2 is 2.14 bits per heavy atom. The minimum absolute atomic E-state index is 0.0334. The van der Waals surface area contributed by atoms with Crippen molar-refractivity contribution in [3.8, 4) is 0 Å². The number of rotatable bonds is 2. The van der Waals surface area contributed by atoms with Crippen molar-refractivity contribution >= 4 is 17.2 Å². The summed E-state index contributed by atoms with van der Waals surface area (Å²) in [6.07, 6.45) is 0.707. The molecular formula is C6H14O6P2. The van der Waals surface area contributed by atoms with E-state index >= 15 is 0 Å². The third kappa shape index (κ3) is 5.49. The quantitative estimate of drug-likeness (QED) is 0.712. The molecule has 0 spiro atoms. The molecule has 0 amide bonds. The van der Waals surface area contributed by atoms with Gasteiger partial charge in [-0.3, -0.25) is 0 Å².